The molecule has 0 spiro atoms. The van der Waals surface area contributed by atoms with Crippen LogP contribution in [0.15, 0.2) is 4.99 Å². The van der Waals surface area contributed by atoms with E-state index in [0.29, 0.717) is 0 Å². The van der Waals surface area contributed by atoms with Gasteiger partial charge in [-0.1, -0.05) is 0 Å². The number of rotatable bonds is 3. The molecule has 0 radical (unpaired) electrons. The first-order valence-corrected chi connectivity index (χ1v) is 6.00. The molecule has 16 heavy (non-hydrogen) atoms. The van der Waals surface area contributed by atoms with Crippen molar-refractivity contribution in [2.45, 2.75) is 43.9 Å². The van der Waals surface area contributed by atoms with E-state index < -0.39 is 16.8 Å². The van der Waals surface area contributed by atoms with E-state index in [4.69, 9.17) is 5.11 Å². The topological polar surface area (TPSA) is 52.9 Å². The fourth-order valence-corrected chi connectivity index (χ4v) is 1.95. The second-order valence-corrected chi connectivity index (χ2v) is 5.97. The van der Waals surface area contributed by atoms with Crippen LogP contribution in [0.4, 0.5) is 0 Å². The fourth-order valence-electron chi connectivity index (χ4n) is 1.78. The maximum absolute atomic E-state index is 11.2. The summed E-state index contributed by atoms with van der Waals surface area (Å²) >= 11 is 4.31. The predicted molar refractivity (Wildman–Crippen MR) is 68.4 cm³/mol. The summed E-state index contributed by atoms with van der Waals surface area (Å²) in [7, 11) is 1.96. The summed E-state index contributed by atoms with van der Waals surface area (Å²) in [6.45, 7) is 4.52. The molecule has 1 atom stereocenters. The Kier molecular flexibility index (Phi) is 4.24. The molecule has 0 saturated carbocycles. The number of aliphatic carboxylic acids is 1. The molecule has 0 aromatic heterocycles. The molecule has 1 unspecified atom stereocenters. The highest BCUT2D eigenvalue weighted by Crippen LogP contribution is 2.22. The second-order valence-electron chi connectivity index (χ2n) is 4.82. The van der Waals surface area contributed by atoms with E-state index in [1.165, 1.54) is 0 Å². The van der Waals surface area contributed by atoms with Gasteiger partial charge in [-0.25, -0.2) is 4.79 Å². The van der Waals surface area contributed by atoms with Crippen molar-refractivity contribution in [3.8, 4) is 0 Å². The van der Waals surface area contributed by atoms with Crippen molar-refractivity contribution >= 4 is 24.4 Å². The van der Waals surface area contributed by atoms with Crippen LogP contribution in [0.3, 0.4) is 0 Å². The van der Waals surface area contributed by atoms with Crippen molar-refractivity contribution in [1.82, 2.24) is 4.90 Å². The maximum Gasteiger partial charge on any atom is 0.329 e. The summed E-state index contributed by atoms with van der Waals surface area (Å²) < 4.78 is -0.642. The van der Waals surface area contributed by atoms with Crippen LogP contribution in [0.5, 0.6) is 0 Å². The minimum absolute atomic E-state index is 0.642. The number of aliphatic imine (C=N–C) groups is 1. The highest BCUT2D eigenvalue weighted by molar-refractivity contribution is 7.81. The van der Waals surface area contributed by atoms with Gasteiger partial charge in [0.15, 0.2) is 6.04 Å². The molecular formula is C11H20N2O2S. The minimum Gasteiger partial charge on any atom is -0.480 e. The van der Waals surface area contributed by atoms with E-state index in [2.05, 4.69) is 17.6 Å². The van der Waals surface area contributed by atoms with Gasteiger partial charge in [0.25, 0.3) is 0 Å². The summed E-state index contributed by atoms with van der Waals surface area (Å²) in [6, 6.07) is -0.786. The van der Waals surface area contributed by atoms with Crippen molar-refractivity contribution in [2.75, 3.05) is 13.6 Å². The Balaban J connectivity index is 2.88. The smallest absolute Gasteiger partial charge is 0.329 e. The number of amidine groups is 1. The lowest BCUT2D eigenvalue weighted by molar-refractivity contribution is -0.139. The van der Waals surface area contributed by atoms with Crippen LogP contribution in [0.1, 0.15) is 33.1 Å². The number of nitrogens with zero attached hydrogens (tertiary/aromatic N) is 2. The summed E-state index contributed by atoms with van der Waals surface area (Å²) in [4.78, 5) is 17.5. The quantitative estimate of drug-likeness (QED) is 0.742. The lowest BCUT2D eigenvalue weighted by Gasteiger charge is -2.30. The van der Waals surface area contributed by atoms with Crippen LogP contribution in [0.2, 0.25) is 0 Å². The molecule has 1 heterocycles. The van der Waals surface area contributed by atoms with Crippen molar-refractivity contribution < 1.29 is 9.90 Å². The Morgan fingerprint density at radius 1 is 1.56 bits per heavy atom. The van der Waals surface area contributed by atoms with Gasteiger partial charge in [0.05, 0.1) is 5.84 Å². The van der Waals surface area contributed by atoms with Crippen LogP contribution in [-0.4, -0.2) is 46.2 Å². The Morgan fingerprint density at radius 3 is 2.62 bits per heavy atom. The molecule has 1 rings (SSSR count). The molecule has 0 aliphatic carbocycles. The summed E-state index contributed by atoms with van der Waals surface area (Å²) in [5.41, 5.74) is 0. The molecule has 1 aliphatic heterocycles. The van der Waals surface area contributed by atoms with Gasteiger partial charge in [-0.2, -0.15) is 12.6 Å². The average Bonchev–Trinajstić information content (AvgIpc) is 2.14. The lowest BCUT2D eigenvalue weighted by Crippen LogP contribution is -2.40. The number of carboxylic acids is 1. The van der Waals surface area contributed by atoms with E-state index in [-0.39, 0.29) is 0 Å². The fraction of sp³-hybridized carbons (Fsp3) is 0.818. The normalized spacial score (nSPS) is 22.2. The minimum atomic E-state index is -0.911. The van der Waals surface area contributed by atoms with Gasteiger partial charge in [-0.3, -0.25) is 4.99 Å². The van der Waals surface area contributed by atoms with E-state index in [9.17, 15) is 4.79 Å². The number of carbonyl (C=O) groups is 1. The third-order valence-electron chi connectivity index (χ3n) is 2.77. The number of thiol groups is 1. The molecule has 0 aromatic rings. The van der Waals surface area contributed by atoms with Gasteiger partial charge in [-0.15, -0.1) is 0 Å². The molecule has 1 aliphatic rings. The number of carboxylic acid groups (broad SMARTS) is 1. The standard InChI is InChI=1S/C11H20N2O2S/c1-11(2,16)9(10(14)15)12-8-6-4-5-7-13(8)3/h9,16H,4-7H2,1-3H3,(H,14,15). The molecule has 5 heteroatoms. The molecule has 92 valence electrons. The average molecular weight is 244 g/mol. The van der Waals surface area contributed by atoms with Gasteiger partial charge in [-0.05, 0) is 26.7 Å². The molecular weight excluding hydrogens is 224 g/mol. The molecule has 4 nitrogen and oxygen atoms in total. The molecule has 1 saturated heterocycles. The summed E-state index contributed by atoms with van der Waals surface area (Å²) in [6.07, 6.45) is 3.10. The van der Waals surface area contributed by atoms with Crippen molar-refractivity contribution in [3.05, 3.63) is 0 Å². The highest BCUT2D eigenvalue weighted by Gasteiger charge is 2.32. The molecule has 0 amide bonds. The van der Waals surface area contributed by atoms with Crippen molar-refractivity contribution in [3.63, 3.8) is 0 Å². The zero-order valence-corrected chi connectivity index (χ0v) is 11.0. The largest absolute Gasteiger partial charge is 0.480 e. The zero-order chi connectivity index (χ0) is 12.3. The Hall–Kier alpha value is -0.710. The van der Waals surface area contributed by atoms with Crippen molar-refractivity contribution in [2.24, 2.45) is 4.99 Å². The number of likely N-dealkylation sites (tertiary alicyclic amines) is 1. The van der Waals surface area contributed by atoms with E-state index in [1.54, 1.807) is 13.8 Å². The first-order valence-electron chi connectivity index (χ1n) is 5.55. The Morgan fingerprint density at radius 2 is 2.19 bits per heavy atom. The van der Waals surface area contributed by atoms with Gasteiger partial charge in [0.1, 0.15) is 0 Å². The highest BCUT2D eigenvalue weighted by atomic mass is 32.1. The molecule has 0 aromatic carbocycles. The monoisotopic (exact) mass is 244 g/mol. The number of piperidine rings is 1. The van der Waals surface area contributed by atoms with Gasteiger partial charge in [0, 0.05) is 24.8 Å². The van der Waals surface area contributed by atoms with Crippen LogP contribution in [0, 0.1) is 0 Å². The summed E-state index contributed by atoms with van der Waals surface area (Å²) in [5.74, 6) is -0.0211. The van der Waals surface area contributed by atoms with Gasteiger partial charge < -0.3 is 10.0 Å². The van der Waals surface area contributed by atoms with Crippen LogP contribution < -0.4 is 0 Å². The SMILES string of the molecule is CN1CCCCC1=NC(C(=O)O)C(C)(C)S. The molecule has 1 fully saturated rings. The lowest BCUT2D eigenvalue weighted by atomic mass is 10.0. The molecule has 0 bridgehead atoms. The van der Waals surface area contributed by atoms with E-state index in [0.717, 1.165) is 31.6 Å². The van der Waals surface area contributed by atoms with Crippen LogP contribution in [0.25, 0.3) is 0 Å². The first kappa shape index (κ1) is 13.4. The maximum atomic E-state index is 11.2. The Labute approximate surface area is 102 Å². The summed E-state index contributed by atoms with van der Waals surface area (Å²) in [5, 5.41) is 9.15. The molecule has 1 N–H and O–H groups in total. The van der Waals surface area contributed by atoms with E-state index >= 15 is 0 Å². The van der Waals surface area contributed by atoms with Crippen LogP contribution in [-0.2, 0) is 4.79 Å². The first-order chi connectivity index (χ1) is 7.32. The number of hydrogen-bond acceptors (Lipinski definition) is 3. The van der Waals surface area contributed by atoms with E-state index in [1.807, 2.05) is 11.9 Å². The Bertz CT molecular complexity index is 297. The second kappa shape index (κ2) is 5.08. The number of hydrogen-bond donors (Lipinski definition) is 2. The van der Waals surface area contributed by atoms with Gasteiger partial charge >= 0.3 is 5.97 Å². The third-order valence-corrected chi connectivity index (χ3v) is 3.01. The predicted octanol–water partition coefficient (Wildman–Crippen LogP) is 1.66. The zero-order valence-electron chi connectivity index (χ0n) is 10.1. The van der Waals surface area contributed by atoms with Crippen molar-refractivity contribution in [1.29, 1.82) is 0 Å². The van der Waals surface area contributed by atoms with Gasteiger partial charge in [0.2, 0.25) is 0 Å². The third kappa shape index (κ3) is 3.40. The van der Waals surface area contributed by atoms with Crippen LogP contribution >= 0.6 is 12.6 Å².